The number of allylic oxidation sites excluding steroid dienone is 3. The van der Waals surface area contributed by atoms with Gasteiger partial charge in [0.25, 0.3) is 0 Å². The molecule has 0 aromatic heterocycles. The molecule has 0 N–H and O–H groups in total. The van der Waals surface area contributed by atoms with E-state index in [0.29, 0.717) is 4.90 Å². The number of hydrogen-bond acceptors (Lipinski definition) is 4. The number of rotatable bonds is 3. The van der Waals surface area contributed by atoms with E-state index in [4.69, 9.17) is 4.74 Å². The van der Waals surface area contributed by atoms with E-state index >= 15 is 0 Å². The minimum absolute atomic E-state index is 0.0188. The molecule has 1 aliphatic carbocycles. The standard InChI is InChI=1S/C14H12O4S/c1-9-3-5-10(6-4-9)19(17)14-8-11(15)13(18-2)7-12(14)16/h3-8H,1-2H3/t19-/m0/s1. The van der Waals surface area contributed by atoms with Crippen molar-refractivity contribution in [3.05, 3.63) is 52.6 Å². The summed E-state index contributed by atoms with van der Waals surface area (Å²) in [6, 6.07) is 6.97. The van der Waals surface area contributed by atoms with Crippen molar-refractivity contribution in [2.75, 3.05) is 7.11 Å². The monoisotopic (exact) mass is 276 g/mol. The summed E-state index contributed by atoms with van der Waals surface area (Å²) in [6.45, 7) is 1.91. The molecular formula is C14H12O4S. The van der Waals surface area contributed by atoms with Crippen molar-refractivity contribution in [2.24, 2.45) is 0 Å². The number of aryl methyl sites for hydroxylation is 1. The van der Waals surface area contributed by atoms with Crippen molar-refractivity contribution in [3.8, 4) is 0 Å². The van der Waals surface area contributed by atoms with E-state index in [1.165, 1.54) is 7.11 Å². The van der Waals surface area contributed by atoms with Crippen molar-refractivity contribution < 1.29 is 18.5 Å². The zero-order chi connectivity index (χ0) is 14.0. The van der Waals surface area contributed by atoms with Gasteiger partial charge in [-0.15, -0.1) is 0 Å². The van der Waals surface area contributed by atoms with Gasteiger partial charge in [0.1, 0.15) is 0 Å². The summed E-state index contributed by atoms with van der Waals surface area (Å²) in [5.74, 6) is -0.942. The molecule has 0 fully saturated rings. The van der Waals surface area contributed by atoms with E-state index in [-0.39, 0.29) is 10.7 Å². The molecule has 0 unspecified atom stereocenters. The molecule has 98 valence electrons. The first kappa shape index (κ1) is 13.4. The van der Waals surface area contributed by atoms with Gasteiger partial charge < -0.3 is 4.74 Å². The van der Waals surface area contributed by atoms with Gasteiger partial charge in [0.2, 0.25) is 5.78 Å². The van der Waals surface area contributed by atoms with E-state index < -0.39 is 22.4 Å². The highest BCUT2D eigenvalue weighted by molar-refractivity contribution is 7.90. The molecule has 0 amide bonds. The molecular weight excluding hydrogens is 264 g/mol. The SMILES string of the molecule is COC1=CC(=O)C([S@@](=O)c2ccc(C)cc2)=CC1=O. The van der Waals surface area contributed by atoms with Crippen LogP contribution in [-0.4, -0.2) is 22.9 Å². The van der Waals surface area contributed by atoms with Gasteiger partial charge in [-0.2, -0.15) is 0 Å². The maximum atomic E-state index is 12.3. The van der Waals surface area contributed by atoms with E-state index in [2.05, 4.69) is 0 Å². The fraction of sp³-hybridized carbons (Fsp3) is 0.143. The van der Waals surface area contributed by atoms with Crippen LogP contribution in [0.2, 0.25) is 0 Å². The molecule has 0 radical (unpaired) electrons. The van der Waals surface area contributed by atoms with E-state index in [0.717, 1.165) is 17.7 Å². The van der Waals surface area contributed by atoms with Crippen molar-refractivity contribution in [3.63, 3.8) is 0 Å². The highest BCUT2D eigenvalue weighted by atomic mass is 32.2. The Kier molecular flexibility index (Phi) is 3.76. The summed E-state index contributed by atoms with van der Waals surface area (Å²) < 4.78 is 17.0. The zero-order valence-electron chi connectivity index (χ0n) is 10.5. The van der Waals surface area contributed by atoms with Crippen LogP contribution < -0.4 is 0 Å². The van der Waals surface area contributed by atoms with Gasteiger partial charge in [-0.05, 0) is 19.1 Å². The Hall–Kier alpha value is -2.01. The predicted molar refractivity (Wildman–Crippen MR) is 70.8 cm³/mol. The molecule has 0 saturated carbocycles. The van der Waals surface area contributed by atoms with Gasteiger partial charge in [0, 0.05) is 17.0 Å². The van der Waals surface area contributed by atoms with Gasteiger partial charge in [0.15, 0.2) is 11.5 Å². The Morgan fingerprint density at radius 1 is 1.00 bits per heavy atom. The van der Waals surface area contributed by atoms with Crippen molar-refractivity contribution in [1.82, 2.24) is 0 Å². The van der Waals surface area contributed by atoms with Gasteiger partial charge in [-0.1, -0.05) is 17.7 Å². The third-order valence-electron chi connectivity index (χ3n) is 2.66. The average Bonchev–Trinajstić information content (AvgIpc) is 2.41. The first-order chi connectivity index (χ1) is 9.02. The smallest absolute Gasteiger partial charge is 0.221 e. The van der Waals surface area contributed by atoms with Crippen LogP contribution in [0, 0.1) is 6.92 Å². The number of benzene rings is 1. The molecule has 1 aromatic carbocycles. The van der Waals surface area contributed by atoms with Crippen molar-refractivity contribution in [2.45, 2.75) is 11.8 Å². The number of carbonyl (C=O) groups excluding carboxylic acids is 2. The highest BCUT2D eigenvalue weighted by Crippen LogP contribution is 2.21. The highest BCUT2D eigenvalue weighted by Gasteiger charge is 2.25. The van der Waals surface area contributed by atoms with Crippen LogP contribution in [0.4, 0.5) is 0 Å². The van der Waals surface area contributed by atoms with Crippen LogP contribution in [0.15, 0.2) is 52.0 Å². The summed E-state index contributed by atoms with van der Waals surface area (Å²) in [7, 11) is -0.343. The van der Waals surface area contributed by atoms with Gasteiger partial charge in [0.05, 0.1) is 22.8 Å². The minimum Gasteiger partial charge on any atom is -0.493 e. The number of hydrogen-bond donors (Lipinski definition) is 0. The average molecular weight is 276 g/mol. The Balaban J connectivity index is 2.33. The van der Waals surface area contributed by atoms with E-state index in [9.17, 15) is 13.8 Å². The zero-order valence-corrected chi connectivity index (χ0v) is 11.3. The van der Waals surface area contributed by atoms with Crippen LogP contribution in [-0.2, 0) is 25.1 Å². The fourth-order valence-electron chi connectivity index (χ4n) is 1.62. The predicted octanol–water partition coefficient (Wildman–Crippen LogP) is 1.67. The second-order valence-corrected chi connectivity index (χ2v) is 5.48. The molecule has 2 rings (SSSR count). The molecule has 0 aliphatic heterocycles. The summed E-state index contributed by atoms with van der Waals surface area (Å²) in [4.78, 5) is 23.9. The molecule has 1 aromatic rings. The molecule has 0 saturated heterocycles. The lowest BCUT2D eigenvalue weighted by atomic mass is 10.1. The topological polar surface area (TPSA) is 60.4 Å². The molecule has 4 nitrogen and oxygen atoms in total. The quantitative estimate of drug-likeness (QED) is 0.788. The van der Waals surface area contributed by atoms with Crippen molar-refractivity contribution >= 4 is 22.4 Å². The van der Waals surface area contributed by atoms with Gasteiger partial charge >= 0.3 is 0 Å². The van der Waals surface area contributed by atoms with E-state index in [1.807, 2.05) is 6.92 Å². The van der Waals surface area contributed by atoms with Crippen LogP contribution in [0.5, 0.6) is 0 Å². The minimum atomic E-state index is -1.66. The van der Waals surface area contributed by atoms with Crippen LogP contribution in [0.1, 0.15) is 5.56 Å². The maximum absolute atomic E-state index is 12.3. The number of ether oxygens (including phenoxy) is 1. The number of carbonyl (C=O) groups is 2. The Morgan fingerprint density at radius 2 is 1.63 bits per heavy atom. The molecule has 1 atom stereocenters. The second-order valence-electron chi connectivity index (χ2n) is 4.03. The lowest BCUT2D eigenvalue weighted by Crippen LogP contribution is -2.17. The Labute approximate surface area is 113 Å². The molecule has 1 aliphatic rings. The van der Waals surface area contributed by atoms with Crippen LogP contribution >= 0.6 is 0 Å². The van der Waals surface area contributed by atoms with Gasteiger partial charge in [-0.3, -0.25) is 9.59 Å². The molecule has 5 heteroatoms. The van der Waals surface area contributed by atoms with Crippen LogP contribution in [0.25, 0.3) is 0 Å². The summed E-state index contributed by atoms with van der Waals surface area (Å²) in [5, 5.41) is 0. The van der Waals surface area contributed by atoms with Gasteiger partial charge in [-0.25, -0.2) is 4.21 Å². The maximum Gasteiger partial charge on any atom is 0.221 e. The first-order valence-corrected chi connectivity index (χ1v) is 6.72. The summed E-state index contributed by atoms with van der Waals surface area (Å²) >= 11 is 0. The Bertz CT molecular complexity index is 623. The molecule has 19 heavy (non-hydrogen) atoms. The first-order valence-electron chi connectivity index (χ1n) is 5.57. The lowest BCUT2D eigenvalue weighted by Gasteiger charge is -2.11. The number of methoxy groups -OCH3 is 1. The molecule has 0 spiro atoms. The third-order valence-corrected chi connectivity index (χ3v) is 4.08. The lowest BCUT2D eigenvalue weighted by molar-refractivity contribution is -0.117. The Morgan fingerprint density at radius 3 is 2.21 bits per heavy atom. The molecule has 0 bridgehead atoms. The third kappa shape index (κ3) is 2.71. The fourth-order valence-corrected chi connectivity index (χ4v) is 2.71. The van der Waals surface area contributed by atoms with E-state index in [1.54, 1.807) is 24.3 Å². The summed E-state index contributed by atoms with van der Waals surface area (Å²) in [5.41, 5.74) is 1.03. The molecule has 0 heterocycles. The van der Waals surface area contributed by atoms with Crippen LogP contribution in [0.3, 0.4) is 0 Å². The normalized spacial score (nSPS) is 16.7. The summed E-state index contributed by atoms with van der Waals surface area (Å²) in [6.07, 6.45) is 2.15. The second kappa shape index (κ2) is 5.32. The largest absolute Gasteiger partial charge is 0.493 e. The van der Waals surface area contributed by atoms with Crippen molar-refractivity contribution in [1.29, 1.82) is 0 Å². The number of ketones is 2.